The molecule has 2 aliphatic heterocycles. The van der Waals surface area contributed by atoms with Crippen LogP contribution in [0.25, 0.3) is 16.6 Å². The van der Waals surface area contributed by atoms with Crippen molar-refractivity contribution in [1.29, 1.82) is 0 Å². The predicted molar refractivity (Wildman–Crippen MR) is 127 cm³/mol. The number of piperidine rings is 1. The maximum Gasteiger partial charge on any atom is 0.271 e. The summed E-state index contributed by atoms with van der Waals surface area (Å²) in [6.45, 7) is 3.62. The Morgan fingerprint density at radius 2 is 2.06 bits per heavy atom. The molecule has 2 fully saturated rings. The molecule has 0 radical (unpaired) electrons. The third-order valence-corrected chi connectivity index (χ3v) is 7.19. The summed E-state index contributed by atoms with van der Waals surface area (Å²) in [5.41, 5.74) is 10.3. The van der Waals surface area contributed by atoms with E-state index in [4.69, 9.17) is 15.5 Å². The summed E-state index contributed by atoms with van der Waals surface area (Å²) in [6, 6.07) is 3.29. The van der Waals surface area contributed by atoms with Gasteiger partial charge in [0.2, 0.25) is 0 Å². The molecule has 3 aliphatic rings. The largest absolute Gasteiger partial charge is 0.447 e. The van der Waals surface area contributed by atoms with Crippen molar-refractivity contribution < 1.29 is 9.13 Å². The Morgan fingerprint density at radius 3 is 2.85 bits per heavy atom. The van der Waals surface area contributed by atoms with E-state index in [0.717, 1.165) is 52.4 Å². The van der Waals surface area contributed by atoms with Crippen LogP contribution in [-0.2, 0) is 0 Å². The van der Waals surface area contributed by atoms with Crippen molar-refractivity contribution in [2.45, 2.75) is 19.3 Å². The van der Waals surface area contributed by atoms with Gasteiger partial charge in [-0.25, -0.2) is 18.9 Å². The summed E-state index contributed by atoms with van der Waals surface area (Å²) >= 11 is 0. The van der Waals surface area contributed by atoms with Crippen molar-refractivity contribution in [1.82, 2.24) is 24.5 Å². The Hall–Kier alpha value is -3.86. The van der Waals surface area contributed by atoms with Crippen LogP contribution in [0.5, 0.6) is 5.75 Å². The van der Waals surface area contributed by atoms with Gasteiger partial charge < -0.3 is 31.0 Å². The third-order valence-electron chi connectivity index (χ3n) is 7.19. The molecule has 11 heteroatoms. The number of aryl methyl sites for hydroxylation is 1. The van der Waals surface area contributed by atoms with Crippen LogP contribution in [0.3, 0.4) is 0 Å². The normalized spacial score (nSPS) is 25.2. The van der Waals surface area contributed by atoms with Crippen LogP contribution >= 0.6 is 0 Å². The summed E-state index contributed by atoms with van der Waals surface area (Å²) in [6.07, 6.45) is 4.52. The number of nitrogens with one attached hydrogen (secondary N) is 3. The number of H-pyrrole nitrogens is 1. The number of nitrogens with zero attached hydrogens (tertiary/aromatic N) is 5. The fraction of sp³-hybridized carbons (Fsp3) is 0.348. The molecule has 5 N–H and O–H groups in total. The van der Waals surface area contributed by atoms with Crippen LogP contribution in [0.15, 0.2) is 35.7 Å². The summed E-state index contributed by atoms with van der Waals surface area (Å²) in [5.74, 6) is 2.69. The Balaban J connectivity index is 1.30. The number of hydrogen-bond acceptors (Lipinski definition) is 8. The number of anilines is 2. The van der Waals surface area contributed by atoms with Gasteiger partial charge in [0, 0.05) is 37.1 Å². The molecule has 0 amide bonds. The van der Waals surface area contributed by atoms with Gasteiger partial charge in [-0.05, 0) is 30.9 Å². The highest BCUT2D eigenvalue weighted by Gasteiger charge is 2.54. The van der Waals surface area contributed by atoms with Gasteiger partial charge in [-0.15, -0.1) is 0 Å². The van der Waals surface area contributed by atoms with E-state index < -0.39 is 6.35 Å². The van der Waals surface area contributed by atoms with Crippen molar-refractivity contribution in [2.75, 3.05) is 30.8 Å². The summed E-state index contributed by atoms with van der Waals surface area (Å²) in [5, 5.41) is 11.5. The predicted octanol–water partition coefficient (Wildman–Crippen LogP) is 2.12. The van der Waals surface area contributed by atoms with E-state index in [1.165, 1.54) is 6.07 Å². The first-order chi connectivity index (χ1) is 16.5. The third kappa shape index (κ3) is 2.79. The molecular weight excluding hydrogens is 437 g/mol. The maximum atomic E-state index is 14.5. The Kier molecular flexibility index (Phi) is 3.93. The summed E-state index contributed by atoms with van der Waals surface area (Å²) in [7, 11) is 1.78. The number of benzene rings is 1. The smallest absolute Gasteiger partial charge is 0.271 e. The highest BCUT2D eigenvalue weighted by molar-refractivity contribution is 6.17. The highest BCUT2D eigenvalue weighted by Crippen LogP contribution is 2.46. The zero-order valence-corrected chi connectivity index (χ0v) is 18.7. The minimum atomic E-state index is -0.694. The summed E-state index contributed by atoms with van der Waals surface area (Å²) < 4.78 is 22.3. The molecule has 1 saturated heterocycles. The lowest BCUT2D eigenvalue weighted by atomic mass is 10.1. The number of amidine groups is 1. The van der Waals surface area contributed by atoms with Crippen LogP contribution in [0.1, 0.15) is 11.1 Å². The lowest BCUT2D eigenvalue weighted by Gasteiger charge is -2.30. The second-order valence-electron chi connectivity index (χ2n) is 9.26. The maximum absolute atomic E-state index is 14.5. The van der Waals surface area contributed by atoms with Crippen molar-refractivity contribution >= 4 is 33.9 Å². The van der Waals surface area contributed by atoms with E-state index in [-0.39, 0.29) is 11.9 Å². The number of fused-ring (bicyclic) bond motifs is 5. The van der Waals surface area contributed by atoms with Crippen molar-refractivity contribution in [3.05, 3.63) is 47.7 Å². The first-order valence-electron chi connectivity index (χ1n) is 11.3. The van der Waals surface area contributed by atoms with Crippen molar-refractivity contribution in [3.8, 4) is 5.75 Å². The molecule has 1 aliphatic carbocycles. The average Bonchev–Trinajstić information content (AvgIpc) is 3.24. The van der Waals surface area contributed by atoms with Gasteiger partial charge in [-0.3, -0.25) is 0 Å². The highest BCUT2D eigenvalue weighted by atomic mass is 19.1. The van der Waals surface area contributed by atoms with Gasteiger partial charge >= 0.3 is 0 Å². The number of aromatic amines is 1. The molecule has 174 valence electrons. The van der Waals surface area contributed by atoms with E-state index >= 15 is 0 Å². The topological polar surface area (TPSA) is 121 Å². The zero-order valence-electron chi connectivity index (χ0n) is 18.7. The van der Waals surface area contributed by atoms with Crippen LogP contribution in [0.2, 0.25) is 0 Å². The number of halogens is 1. The minimum absolute atomic E-state index is 0.261. The first-order valence-corrected chi connectivity index (χ1v) is 11.3. The lowest BCUT2D eigenvalue weighted by molar-refractivity contribution is 0.233. The van der Waals surface area contributed by atoms with Gasteiger partial charge in [-0.2, -0.15) is 5.10 Å². The quantitative estimate of drug-likeness (QED) is 0.369. The van der Waals surface area contributed by atoms with E-state index in [2.05, 4.69) is 30.6 Å². The number of rotatable bonds is 3. The molecule has 3 atom stereocenters. The number of aliphatic imine (C=N–C) groups is 1. The molecule has 1 saturated carbocycles. The molecule has 10 nitrogen and oxygen atoms in total. The Labute approximate surface area is 194 Å². The number of ether oxygens (including phenoxy) is 1. The van der Waals surface area contributed by atoms with E-state index in [9.17, 15) is 4.39 Å². The molecule has 34 heavy (non-hydrogen) atoms. The Bertz CT molecular complexity index is 1480. The molecular formula is C23H24FN9O. The van der Waals surface area contributed by atoms with Gasteiger partial charge in [0.05, 0.1) is 35.4 Å². The van der Waals surface area contributed by atoms with Crippen LogP contribution in [-0.4, -0.2) is 62.8 Å². The molecule has 1 aromatic carbocycles. The molecule has 7 rings (SSSR count). The lowest BCUT2D eigenvalue weighted by Crippen LogP contribution is -2.40. The molecule has 0 spiro atoms. The van der Waals surface area contributed by atoms with Crippen LogP contribution in [0, 0.1) is 24.6 Å². The second-order valence-corrected chi connectivity index (χ2v) is 9.26. The molecule has 0 bridgehead atoms. The minimum Gasteiger partial charge on any atom is -0.447 e. The van der Waals surface area contributed by atoms with E-state index in [0.29, 0.717) is 23.3 Å². The monoisotopic (exact) mass is 461 g/mol. The van der Waals surface area contributed by atoms with Crippen LogP contribution in [0.4, 0.5) is 15.9 Å². The van der Waals surface area contributed by atoms with Crippen LogP contribution < -0.4 is 21.1 Å². The fourth-order valence-electron chi connectivity index (χ4n) is 5.34. The summed E-state index contributed by atoms with van der Waals surface area (Å²) in [4.78, 5) is 15.0. The number of hydrogen-bond donors (Lipinski definition) is 4. The van der Waals surface area contributed by atoms with Gasteiger partial charge in [0.25, 0.3) is 6.35 Å². The number of nitrogens with two attached hydrogens (primary N) is 1. The van der Waals surface area contributed by atoms with Crippen molar-refractivity contribution in [2.24, 2.45) is 22.6 Å². The zero-order chi connectivity index (χ0) is 23.1. The fourth-order valence-corrected chi connectivity index (χ4v) is 5.34. The van der Waals surface area contributed by atoms with Gasteiger partial charge in [0.1, 0.15) is 17.5 Å². The average molecular weight is 462 g/mol. The molecule has 4 aromatic rings. The SMILES string of the molecule is CNc1cc(F)cc2c3c([nH]c12)NC(Oc1cnc2c(C)cnn2c1)N=C3N1CC2C(N)C2C1. The number of likely N-dealkylation sites (tertiary alicyclic amines) is 1. The number of aromatic nitrogens is 4. The molecule has 3 unspecified atom stereocenters. The van der Waals surface area contributed by atoms with E-state index in [1.807, 2.05) is 6.92 Å². The van der Waals surface area contributed by atoms with Gasteiger partial charge in [-0.1, -0.05) is 0 Å². The first kappa shape index (κ1) is 19.6. The second kappa shape index (κ2) is 6.83. The Morgan fingerprint density at radius 1 is 1.24 bits per heavy atom. The molecule has 5 heterocycles. The van der Waals surface area contributed by atoms with Gasteiger partial charge in [0.15, 0.2) is 11.4 Å². The van der Waals surface area contributed by atoms with E-state index in [1.54, 1.807) is 36.2 Å². The molecule has 3 aromatic heterocycles. The standard InChI is InChI=1S/C23H24FN9O/c1-10-5-28-33-7-12(6-27-21(10)33)34-23-30-20-17(13-3-11(24)4-16(26-2)19(13)29-20)22(31-23)32-8-14-15(9-32)18(14)25/h3-7,14-15,18,23,26,29-30H,8-9,25H2,1-2H3. The van der Waals surface area contributed by atoms with Crippen molar-refractivity contribution in [3.63, 3.8) is 0 Å².